The molecular weight excluding hydrogens is 276 g/mol. The predicted molar refractivity (Wildman–Crippen MR) is 65.1 cm³/mol. The van der Waals surface area contributed by atoms with E-state index in [0.29, 0.717) is 11.8 Å². The largest absolute Gasteiger partial charge is 0.276 e. The molecule has 1 heterocycles. The van der Waals surface area contributed by atoms with Gasteiger partial charge in [-0.25, -0.2) is 17.2 Å². The second-order valence-electron chi connectivity index (χ2n) is 3.95. The average molecular weight is 287 g/mol. The third-order valence-electron chi connectivity index (χ3n) is 2.68. The summed E-state index contributed by atoms with van der Waals surface area (Å²) in [6.45, 7) is 1.68. The Bertz CT molecular complexity index is 726. The number of benzene rings is 1. The Kier molecular flexibility index (Phi) is 3.27. The molecule has 1 aromatic heterocycles. The van der Waals surface area contributed by atoms with Crippen molar-refractivity contribution >= 4 is 15.7 Å². The normalized spacial score (nSPS) is 11.6. The average Bonchev–Trinajstić information content (AvgIpc) is 2.64. The van der Waals surface area contributed by atoms with Crippen molar-refractivity contribution in [3.05, 3.63) is 41.7 Å². The molecule has 8 heteroatoms. The molecule has 1 aromatic carbocycles. The zero-order chi connectivity index (χ0) is 14.2. The lowest BCUT2D eigenvalue weighted by Gasteiger charge is -2.07. The van der Waals surface area contributed by atoms with Crippen molar-refractivity contribution in [2.75, 3.05) is 4.72 Å². The third kappa shape index (κ3) is 2.58. The van der Waals surface area contributed by atoms with E-state index >= 15 is 0 Å². The van der Waals surface area contributed by atoms with Crippen LogP contribution in [0.5, 0.6) is 0 Å². The Labute approximate surface area is 108 Å². The van der Waals surface area contributed by atoms with Crippen LogP contribution in [-0.4, -0.2) is 18.2 Å². The summed E-state index contributed by atoms with van der Waals surface area (Å²) in [6, 6.07) is 2.38. The molecule has 0 aliphatic heterocycles. The van der Waals surface area contributed by atoms with Gasteiger partial charge in [-0.3, -0.25) is 9.40 Å². The van der Waals surface area contributed by atoms with Gasteiger partial charge in [0.2, 0.25) is 0 Å². The second-order valence-corrected chi connectivity index (χ2v) is 5.63. The molecule has 0 saturated carbocycles. The van der Waals surface area contributed by atoms with Crippen molar-refractivity contribution in [3.8, 4) is 0 Å². The zero-order valence-corrected chi connectivity index (χ0v) is 11.0. The molecule has 0 atom stereocenters. The molecule has 0 aliphatic carbocycles. The minimum absolute atomic E-state index is 0.284. The third-order valence-corrected chi connectivity index (χ3v) is 4.04. The lowest BCUT2D eigenvalue weighted by molar-refractivity contribution is 0.504. The van der Waals surface area contributed by atoms with E-state index in [1.165, 1.54) is 10.9 Å². The predicted octanol–water partition coefficient (Wildman–Crippen LogP) is 1.81. The van der Waals surface area contributed by atoms with Gasteiger partial charge in [-0.05, 0) is 25.1 Å². The van der Waals surface area contributed by atoms with Gasteiger partial charge < -0.3 is 0 Å². The fourth-order valence-electron chi connectivity index (χ4n) is 1.45. The first-order chi connectivity index (χ1) is 8.81. The molecule has 102 valence electrons. The summed E-state index contributed by atoms with van der Waals surface area (Å²) < 4.78 is 53.6. The lowest BCUT2D eigenvalue weighted by atomic mass is 10.3. The van der Waals surface area contributed by atoms with E-state index in [1.807, 2.05) is 0 Å². The highest BCUT2D eigenvalue weighted by molar-refractivity contribution is 7.92. The number of aryl methyl sites for hydroxylation is 1. The zero-order valence-electron chi connectivity index (χ0n) is 10.2. The molecule has 5 nitrogen and oxygen atoms in total. The first-order valence-corrected chi connectivity index (χ1v) is 6.76. The maximum Gasteiger partial charge on any atom is 0.262 e. The molecule has 0 aliphatic rings. The molecule has 0 spiro atoms. The molecule has 0 saturated heterocycles. The maximum absolute atomic E-state index is 13.0. The van der Waals surface area contributed by atoms with Crippen molar-refractivity contribution in [1.82, 2.24) is 9.78 Å². The second kappa shape index (κ2) is 4.61. The number of anilines is 1. The molecule has 2 rings (SSSR count). The first-order valence-electron chi connectivity index (χ1n) is 5.28. The van der Waals surface area contributed by atoms with Crippen LogP contribution in [0.4, 0.5) is 14.5 Å². The van der Waals surface area contributed by atoms with Gasteiger partial charge in [-0.15, -0.1) is 0 Å². The van der Waals surface area contributed by atoms with Crippen LogP contribution in [0.3, 0.4) is 0 Å². The van der Waals surface area contributed by atoms with Gasteiger partial charge in [0.05, 0.1) is 22.5 Å². The number of hydrogen-bond donors (Lipinski definition) is 1. The van der Waals surface area contributed by atoms with Crippen LogP contribution in [0.15, 0.2) is 29.3 Å². The molecule has 1 N–H and O–H groups in total. The van der Waals surface area contributed by atoms with Crippen LogP contribution >= 0.6 is 0 Å². The van der Waals surface area contributed by atoms with Crippen LogP contribution in [0, 0.1) is 18.6 Å². The molecule has 2 aromatic rings. The first kappa shape index (κ1) is 13.5. The van der Waals surface area contributed by atoms with E-state index in [2.05, 4.69) is 9.82 Å². The highest BCUT2D eigenvalue weighted by Gasteiger charge is 2.18. The Hall–Kier alpha value is -1.96. The van der Waals surface area contributed by atoms with Gasteiger partial charge in [0.25, 0.3) is 10.0 Å². The Morgan fingerprint density at radius 3 is 2.47 bits per heavy atom. The minimum atomic E-state index is -3.97. The van der Waals surface area contributed by atoms with Crippen molar-refractivity contribution in [1.29, 1.82) is 0 Å². The molecule has 19 heavy (non-hydrogen) atoms. The monoisotopic (exact) mass is 287 g/mol. The number of rotatable bonds is 3. The molecule has 0 amide bonds. The SMILES string of the molecule is Cc1c(NS(=O)(=O)c2ccc(F)c(F)c2)cnn1C. The van der Waals surface area contributed by atoms with Crippen molar-refractivity contribution in [2.45, 2.75) is 11.8 Å². The maximum atomic E-state index is 13.0. The van der Waals surface area contributed by atoms with E-state index in [0.717, 1.165) is 12.1 Å². The van der Waals surface area contributed by atoms with Crippen molar-refractivity contribution in [3.63, 3.8) is 0 Å². The van der Waals surface area contributed by atoms with E-state index in [4.69, 9.17) is 0 Å². The highest BCUT2D eigenvalue weighted by Crippen LogP contribution is 2.20. The summed E-state index contributed by atoms with van der Waals surface area (Å²) in [5, 5.41) is 3.88. The van der Waals surface area contributed by atoms with E-state index in [-0.39, 0.29) is 10.6 Å². The summed E-state index contributed by atoms with van der Waals surface area (Å²) in [7, 11) is -2.31. The molecule has 0 radical (unpaired) electrons. The van der Waals surface area contributed by atoms with E-state index < -0.39 is 21.7 Å². The van der Waals surface area contributed by atoms with E-state index in [1.54, 1.807) is 14.0 Å². The van der Waals surface area contributed by atoms with E-state index in [9.17, 15) is 17.2 Å². The minimum Gasteiger partial charge on any atom is -0.276 e. The van der Waals surface area contributed by atoms with Crippen molar-refractivity contribution < 1.29 is 17.2 Å². The van der Waals surface area contributed by atoms with Gasteiger partial charge in [0, 0.05) is 7.05 Å². The van der Waals surface area contributed by atoms with Crippen LogP contribution in [0.25, 0.3) is 0 Å². The molecular formula is C11H11F2N3O2S. The Balaban J connectivity index is 2.37. The number of halogens is 2. The van der Waals surface area contributed by atoms with Gasteiger partial charge in [-0.2, -0.15) is 5.10 Å². The van der Waals surface area contributed by atoms with Crippen LogP contribution < -0.4 is 4.72 Å². The molecule has 0 unspecified atom stereocenters. The Morgan fingerprint density at radius 2 is 1.95 bits per heavy atom. The smallest absolute Gasteiger partial charge is 0.262 e. The summed E-state index contributed by atoms with van der Waals surface area (Å²) in [5.41, 5.74) is 0.887. The Morgan fingerprint density at radius 1 is 1.26 bits per heavy atom. The summed E-state index contributed by atoms with van der Waals surface area (Å²) in [5.74, 6) is -2.32. The fraction of sp³-hybridized carbons (Fsp3) is 0.182. The number of sulfonamides is 1. The number of nitrogens with one attached hydrogen (secondary N) is 1. The van der Waals surface area contributed by atoms with Gasteiger partial charge in [0.1, 0.15) is 0 Å². The molecule has 0 bridgehead atoms. The lowest BCUT2D eigenvalue weighted by Crippen LogP contribution is -2.14. The molecule has 0 fully saturated rings. The van der Waals surface area contributed by atoms with Crippen LogP contribution in [-0.2, 0) is 17.1 Å². The van der Waals surface area contributed by atoms with Gasteiger partial charge in [-0.1, -0.05) is 0 Å². The van der Waals surface area contributed by atoms with Crippen LogP contribution in [0.1, 0.15) is 5.69 Å². The van der Waals surface area contributed by atoms with Crippen molar-refractivity contribution in [2.24, 2.45) is 7.05 Å². The summed E-state index contributed by atoms with van der Waals surface area (Å²) >= 11 is 0. The quantitative estimate of drug-likeness (QED) is 0.936. The van der Waals surface area contributed by atoms with Crippen LogP contribution in [0.2, 0.25) is 0 Å². The number of nitrogens with zero attached hydrogens (tertiary/aromatic N) is 2. The summed E-state index contributed by atoms with van der Waals surface area (Å²) in [4.78, 5) is -0.352. The van der Waals surface area contributed by atoms with Gasteiger partial charge >= 0.3 is 0 Å². The number of hydrogen-bond acceptors (Lipinski definition) is 3. The van der Waals surface area contributed by atoms with Gasteiger partial charge in [0.15, 0.2) is 11.6 Å². The fourth-order valence-corrected chi connectivity index (χ4v) is 2.56. The number of aromatic nitrogens is 2. The highest BCUT2D eigenvalue weighted by atomic mass is 32.2. The standard InChI is InChI=1S/C11H11F2N3O2S/c1-7-11(6-14-16(7)2)15-19(17,18)8-3-4-9(12)10(13)5-8/h3-6,15H,1-2H3. The topological polar surface area (TPSA) is 64.0 Å². The summed E-state index contributed by atoms with van der Waals surface area (Å²) in [6.07, 6.45) is 1.34.